The van der Waals surface area contributed by atoms with Gasteiger partial charge in [-0.15, -0.1) is 10.2 Å². The summed E-state index contributed by atoms with van der Waals surface area (Å²) >= 11 is 0. The standard InChI is InChI=1S/C22H29N7/c1-23-22(26-16-17-12-14-24-19-9-5-4-8-18(17)19)25-13-7-11-21-28-27-20-10-3-2-6-15-29(20)21/h4-5,8-9,12,14H,2-3,6-7,10-11,13,15-16H2,1H3,(H2,23,25,26). The van der Waals surface area contributed by atoms with Crippen LogP contribution in [0.1, 0.15) is 42.9 Å². The molecule has 0 saturated carbocycles. The summed E-state index contributed by atoms with van der Waals surface area (Å²) in [5, 5.41) is 16.8. The Labute approximate surface area is 171 Å². The van der Waals surface area contributed by atoms with Gasteiger partial charge in [0, 0.05) is 51.1 Å². The molecule has 3 heterocycles. The molecule has 0 spiro atoms. The van der Waals surface area contributed by atoms with Gasteiger partial charge in [-0.2, -0.15) is 0 Å². The van der Waals surface area contributed by atoms with E-state index >= 15 is 0 Å². The van der Waals surface area contributed by atoms with Crippen molar-refractivity contribution in [1.82, 2.24) is 30.4 Å². The Morgan fingerprint density at radius 3 is 2.97 bits per heavy atom. The topological polar surface area (TPSA) is 80.0 Å². The lowest BCUT2D eigenvalue weighted by Gasteiger charge is -2.13. The molecule has 0 unspecified atom stereocenters. The summed E-state index contributed by atoms with van der Waals surface area (Å²) in [7, 11) is 1.80. The van der Waals surface area contributed by atoms with E-state index in [9.17, 15) is 0 Å². The van der Waals surface area contributed by atoms with Crippen LogP contribution in [-0.2, 0) is 25.9 Å². The van der Waals surface area contributed by atoms with Crippen LogP contribution < -0.4 is 10.6 Å². The zero-order chi connectivity index (χ0) is 19.9. The second kappa shape index (κ2) is 9.49. The minimum Gasteiger partial charge on any atom is -0.356 e. The highest BCUT2D eigenvalue weighted by molar-refractivity contribution is 5.83. The van der Waals surface area contributed by atoms with E-state index in [2.05, 4.69) is 47.5 Å². The first-order chi connectivity index (χ1) is 14.3. The maximum absolute atomic E-state index is 4.42. The Bertz CT molecular complexity index is 971. The van der Waals surface area contributed by atoms with Crippen molar-refractivity contribution in [3.05, 3.63) is 53.7 Å². The zero-order valence-corrected chi connectivity index (χ0v) is 17.1. The number of aryl methyl sites for hydroxylation is 2. The number of pyridine rings is 1. The Balaban J connectivity index is 1.26. The Kier molecular flexibility index (Phi) is 6.34. The van der Waals surface area contributed by atoms with Crippen LogP contribution in [0.25, 0.3) is 10.9 Å². The number of nitrogens with zero attached hydrogens (tertiary/aromatic N) is 5. The fourth-order valence-corrected chi connectivity index (χ4v) is 3.89. The molecule has 0 aliphatic carbocycles. The molecule has 0 bridgehead atoms. The molecule has 0 atom stereocenters. The molecule has 1 aliphatic heterocycles. The number of hydrogen-bond acceptors (Lipinski definition) is 4. The Morgan fingerprint density at radius 1 is 1.10 bits per heavy atom. The highest BCUT2D eigenvalue weighted by atomic mass is 15.3. The number of aliphatic imine (C=N–C) groups is 1. The van der Waals surface area contributed by atoms with Crippen LogP contribution >= 0.6 is 0 Å². The zero-order valence-electron chi connectivity index (χ0n) is 17.1. The highest BCUT2D eigenvalue weighted by Crippen LogP contribution is 2.16. The summed E-state index contributed by atoms with van der Waals surface area (Å²) in [5.41, 5.74) is 2.23. The van der Waals surface area contributed by atoms with E-state index in [0.717, 1.165) is 55.5 Å². The van der Waals surface area contributed by atoms with Crippen LogP contribution in [0.3, 0.4) is 0 Å². The van der Waals surface area contributed by atoms with Crippen molar-refractivity contribution in [2.24, 2.45) is 4.99 Å². The minimum atomic E-state index is 0.709. The molecule has 2 aromatic heterocycles. The normalized spacial score (nSPS) is 14.4. The van der Waals surface area contributed by atoms with Gasteiger partial charge in [0.2, 0.25) is 0 Å². The summed E-state index contributed by atoms with van der Waals surface area (Å²) < 4.78 is 2.33. The summed E-state index contributed by atoms with van der Waals surface area (Å²) in [6, 6.07) is 10.3. The molecule has 1 aliphatic rings. The predicted octanol–water partition coefficient (Wildman–Crippen LogP) is 2.85. The van der Waals surface area contributed by atoms with Gasteiger partial charge in [-0.3, -0.25) is 9.98 Å². The van der Waals surface area contributed by atoms with E-state index in [-0.39, 0.29) is 0 Å². The minimum absolute atomic E-state index is 0.709. The summed E-state index contributed by atoms with van der Waals surface area (Å²) in [6.45, 7) is 2.62. The number of guanidine groups is 1. The van der Waals surface area contributed by atoms with Crippen LogP contribution in [-0.4, -0.2) is 39.3 Å². The first-order valence-electron chi connectivity index (χ1n) is 10.5. The lowest BCUT2D eigenvalue weighted by Crippen LogP contribution is -2.37. The van der Waals surface area contributed by atoms with Gasteiger partial charge in [0.05, 0.1) is 5.52 Å². The second-order valence-electron chi connectivity index (χ2n) is 7.44. The van der Waals surface area contributed by atoms with Crippen LogP contribution in [0.15, 0.2) is 41.5 Å². The number of aromatic nitrogens is 4. The fourth-order valence-electron chi connectivity index (χ4n) is 3.89. The van der Waals surface area contributed by atoms with Crippen molar-refractivity contribution in [3.8, 4) is 0 Å². The number of para-hydroxylation sites is 1. The molecule has 4 rings (SSSR count). The first-order valence-corrected chi connectivity index (χ1v) is 10.5. The predicted molar refractivity (Wildman–Crippen MR) is 116 cm³/mol. The molecule has 0 saturated heterocycles. The van der Waals surface area contributed by atoms with E-state index in [1.54, 1.807) is 7.05 Å². The number of hydrogen-bond donors (Lipinski definition) is 2. The molecule has 0 amide bonds. The molecule has 0 radical (unpaired) electrons. The van der Waals surface area contributed by atoms with Gasteiger partial charge in [-0.1, -0.05) is 24.6 Å². The largest absolute Gasteiger partial charge is 0.356 e. The molecular formula is C22H29N7. The van der Waals surface area contributed by atoms with E-state index in [0.29, 0.717) is 6.54 Å². The maximum atomic E-state index is 4.42. The van der Waals surface area contributed by atoms with E-state index in [1.165, 1.54) is 30.2 Å². The Hall–Kier alpha value is -2.96. The highest BCUT2D eigenvalue weighted by Gasteiger charge is 2.14. The number of rotatable bonds is 6. The van der Waals surface area contributed by atoms with Gasteiger partial charge in [0.25, 0.3) is 0 Å². The lowest BCUT2D eigenvalue weighted by atomic mass is 10.1. The summed E-state index contributed by atoms with van der Waals surface area (Å²) in [4.78, 5) is 8.77. The monoisotopic (exact) mass is 391 g/mol. The number of benzene rings is 1. The van der Waals surface area contributed by atoms with Crippen molar-refractivity contribution >= 4 is 16.9 Å². The van der Waals surface area contributed by atoms with E-state index in [1.807, 2.05) is 24.4 Å². The smallest absolute Gasteiger partial charge is 0.191 e. The van der Waals surface area contributed by atoms with Gasteiger partial charge in [0.1, 0.15) is 11.6 Å². The number of nitrogens with one attached hydrogen (secondary N) is 2. The molecular weight excluding hydrogens is 362 g/mol. The van der Waals surface area contributed by atoms with Crippen LogP contribution in [0.2, 0.25) is 0 Å². The van der Waals surface area contributed by atoms with Crippen molar-refractivity contribution in [1.29, 1.82) is 0 Å². The maximum Gasteiger partial charge on any atom is 0.191 e. The molecule has 0 fully saturated rings. The average Bonchev–Trinajstić information content (AvgIpc) is 2.99. The van der Waals surface area contributed by atoms with Crippen molar-refractivity contribution in [2.45, 2.75) is 51.6 Å². The van der Waals surface area contributed by atoms with Gasteiger partial charge in [-0.05, 0) is 37.0 Å². The third-order valence-electron chi connectivity index (χ3n) is 5.46. The van der Waals surface area contributed by atoms with Gasteiger partial charge >= 0.3 is 0 Å². The first kappa shape index (κ1) is 19.4. The quantitative estimate of drug-likeness (QED) is 0.384. The molecule has 29 heavy (non-hydrogen) atoms. The SMILES string of the molecule is CN=C(NCCCc1nnc2n1CCCCC2)NCc1ccnc2ccccc12. The number of fused-ring (bicyclic) bond motifs is 2. The van der Waals surface area contributed by atoms with Crippen molar-refractivity contribution in [2.75, 3.05) is 13.6 Å². The summed E-state index contributed by atoms with van der Waals surface area (Å²) in [6.07, 6.45) is 8.61. The fraction of sp³-hybridized carbons (Fsp3) is 0.455. The lowest BCUT2D eigenvalue weighted by molar-refractivity contribution is 0.594. The van der Waals surface area contributed by atoms with Gasteiger partial charge in [0.15, 0.2) is 5.96 Å². The molecule has 152 valence electrons. The van der Waals surface area contributed by atoms with Gasteiger partial charge in [-0.25, -0.2) is 0 Å². The molecule has 7 heteroatoms. The van der Waals surface area contributed by atoms with Gasteiger partial charge < -0.3 is 15.2 Å². The third kappa shape index (κ3) is 4.72. The average molecular weight is 392 g/mol. The molecule has 1 aromatic carbocycles. The molecule has 7 nitrogen and oxygen atoms in total. The molecule has 2 N–H and O–H groups in total. The third-order valence-corrected chi connectivity index (χ3v) is 5.46. The van der Waals surface area contributed by atoms with E-state index < -0.39 is 0 Å². The van der Waals surface area contributed by atoms with Crippen LogP contribution in [0.4, 0.5) is 0 Å². The Morgan fingerprint density at radius 2 is 2.03 bits per heavy atom. The van der Waals surface area contributed by atoms with Crippen molar-refractivity contribution in [3.63, 3.8) is 0 Å². The van der Waals surface area contributed by atoms with Crippen molar-refractivity contribution < 1.29 is 0 Å². The molecule has 3 aromatic rings. The van der Waals surface area contributed by atoms with E-state index in [4.69, 9.17) is 0 Å². The second-order valence-corrected chi connectivity index (χ2v) is 7.44. The van der Waals surface area contributed by atoms with Crippen LogP contribution in [0.5, 0.6) is 0 Å². The summed E-state index contributed by atoms with van der Waals surface area (Å²) in [5.74, 6) is 3.09. The van der Waals surface area contributed by atoms with Crippen LogP contribution in [0, 0.1) is 0 Å².